The van der Waals surface area contributed by atoms with E-state index in [1.807, 2.05) is 24.3 Å². The standard InChI is InChI=1S/C19H15N3O4/c23-11-13-2-1-3-16(8-13)22-10-15(20-21-22)12-25-17-5-6-18-14(9-17)4-7-19(24)26-18/h1-10,23H,11-12H2. The highest BCUT2D eigenvalue weighted by Gasteiger charge is 2.06. The van der Waals surface area contributed by atoms with Gasteiger partial charge in [-0.15, -0.1) is 5.10 Å². The summed E-state index contributed by atoms with van der Waals surface area (Å²) in [5.41, 5.74) is 2.42. The number of aromatic nitrogens is 3. The Kier molecular flexibility index (Phi) is 4.20. The van der Waals surface area contributed by atoms with Crippen molar-refractivity contribution in [2.75, 3.05) is 0 Å². The predicted octanol–water partition coefficient (Wildman–Crippen LogP) is 2.45. The summed E-state index contributed by atoms with van der Waals surface area (Å²) in [6.45, 7) is 0.225. The highest BCUT2D eigenvalue weighted by molar-refractivity contribution is 5.77. The Bertz CT molecular complexity index is 1120. The quantitative estimate of drug-likeness (QED) is 0.557. The Balaban J connectivity index is 1.49. The smallest absolute Gasteiger partial charge is 0.336 e. The van der Waals surface area contributed by atoms with Gasteiger partial charge >= 0.3 is 5.63 Å². The summed E-state index contributed by atoms with van der Waals surface area (Å²) in [4.78, 5) is 11.2. The molecule has 7 nitrogen and oxygen atoms in total. The fourth-order valence-corrected chi connectivity index (χ4v) is 2.59. The molecule has 0 radical (unpaired) electrons. The van der Waals surface area contributed by atoms with Gasteiger partial charge in [-0.1, -0.05) is 17.3 Å². The van der Waals surface area contributed by atoms with E-state index < -0.39 is 0 Å². The molecule has 2 aromatic heterocycles. The van der Waals surface area contributed by atoms with Crippen LogP contribution in [-0.4, -0.2) is 20.1 Å². The number of hydrogen-bond donors (Lipinski definition) is 1. The first-order valence-corrected chi connectivity index (χ1v) is 7.99. The van der Waals surface area contributed by atoms with Gasteiger partial charge in [0.2, 0.25) is 0 Å². The van der Waals surface area contributed by atoms with Crippen LogP contribution in [0, 0.1) is 0 Å². The Hall–Kier alpha value is -3.45. The van der Waals surface area contributed by atoms with E-state index in [9.17, 15) is 9.90 Å². The molecule has 7 heteroatoms. The van der Waals surface area contributed by atoms with Gasteiger partial charge in [-0.05, 0) is 42.0 Å². The van der Waals surface area contributed by atoms with Gasteiger partial charge < -0.3 is 14.3 Å². The number of hydrogen-bond acceptors (Lipinski definition) is 6. The maximum Gasteiger partial charge on any atom is 0.336 e. The van der Waals surface area contributed by atoms with E-state index in [-0.39, 0.29) is 18.8 Å². The van der Waals surface area contributed by atoms with Crippen LogP contribution in [0.5, 0.6) is 5.75 Å². The molecule has 0 aliphatic rings. The summed E-state index contributed by atoms with van der Waals surface area (Å²) in [7, 11) is 0. The summed E-state index contributed by atoms with van der Waals surface area (Å²) < 4.78 is 12.5. The highest BCUT2D eigenvalue weighted by Crippen LogP contribution is 2.20. The van der Waals surface area contributed by atoms with Crippen molar-refractivity contribution < 1.29 is 14.3 Å². The monoisotopic (exact) mass is 349 g/mol. The molecule has 2 heterocycles. The number of benzene rings is 2. The van der Waals surface area contributed by atoms with Crippen molar-refractivity contribution in [3.63, 3.8) is 0 Å². The Morgan fingerprint density at radius 1 is 1.12 bits per heavy atom. The Morgan fingerprint density at radius 2 is 2.04 bits per heavy atom. The SMILES string of the molecule is O=c1ccc2cc(OCc3cn(-c4cccc(CO)c4)nn3)ccc2o1. The van der Waals surface area contributed by atoms with E-state index >= 15 is 0 Å². The zero-order chi connectivity index (χ0) is 17.9. The Labute approximate surface area is 148 Å². The van der Waals surface area contributed by atoms with Gasteiger partial charge in [-0.25, -0.2) is 9.48 Å². The second kappa shape index (κ2) is 6.81. The second-order valence-electron chi connectivity index (χ2n) is 5.73. The van der Waals surface area contributed by atoms with Gasteiger partial charge in [0.05, 0.1) is 18.5 Å². The minimum Gasteiger partial charge on any atom is -0.487 e. The molecule has 0 saturated heterocycles. The lowest BCUT2D eigenvalue weighted by molar-refractivity contribution is 0.282. The number of fused-ring (bicyclic) bond motifs is 1. The highest BCUT2D eigenvalue weighted by atomic mass is 16.5. The first-order valence-electron chi connectivity index (χ1n) is 7.99. The number of aliphatic hydroxyl groups is 1. The average molecular weight is 349 g/mol. The number of aliphatic hydroxyl groups excluding tert-OH is 1. The molecule has 0 aliphatic carbocycles. The molecule has 26 heavy (non-hydrogen) atoms. The summed E-state index contributed by atoms with van der Waals surface area (Å²) >= 11 is 0. The zero-order valence-corrected chi connectivity index (χ0v) is 13.7. The van der Waals surface area contributed by atoms with E-state index in [4.69, 9.17) is 9.15 Å². The lowest BCUT2D eigenvalue weighted by Crippen LogP contribution is -1.97. The molecule has 0 aliphatic heterocycles. The molecule has 0 spiro atoms. The molecule has 130 valence electrons. The lowest BCUT2D eigenvalue weighted by Gasteiger charge is -2.05. The van der Waals surface area contributed by atoms with Crippen molar-refractivity contribution in [1.29, 1.82) is 0 Å². The lowest BCUT2D eigenvalue weighted by atomic mass is 10.2. The largest absolute Gasteiger partial charge is 0.487 e. The van der Waals surface area contributed by atoms with E-state index in [1.54, 1.807) is 35.1 Å². The molecule has 0 atom stereocenters. The first kappa shape index (κ1) is 16.0. The predicted molar refractivity (Wildman–Crippen MR) is 94.1 cm³/mol. The van der Waals surface area contributed by atoms with Gasteiger partial charge in [0.15, 0.2) is 0 Å². The van der Waals surface area contributed by atoms with Crippen molar-refractivity contribution in [2.45, 2.75) is 13.2 Å². The fourth-order valence-electron chi connectivity index (χ4n) is 2.59. The number of nitrogens with zero attached hydrogens (tertiary/aromatic N) is 3. The summed E-state index contributed by atoms with van der Waals surface area (Å²) in [6, 6.07) is 15.7. The third-order valence-corrected chi connectivity index (χ3v) is 3.88. The van der Waals surface area contributed by atoms with Crippen molar-refractivity contribution >= 4 is 11.0 Å². The molecule has 4 rings (SSSR count). The summed E-state index contributed by atoms with van der Waals surface area (Å²) in [6.07, 6.45) is 1.77. The van der Waals surface area contributed by atoms with Crippen LogP contribution in [0.1, 0.15) is 11.3 Å². The van der Waals surface area contributed by atoms with Crippen LogP contribution in [0.25, 0.3) is 16.7 Å². The van der Waals surface area contributed by atoms with Crippen LogP contribution in [0.3, 0.4) is 0 Å². The molecular formula is C19H15N3O4. The normalized spacial score (nSPS) is 11.0. The maximum atomic E-state index is 11.2. The minimum atomic E-state index is -0.381. The molecular weight excluding hydrogens is 334 g/mol. The van der Waals surface area contributed by atoms with E-state index in [1.165, 1.54) is 6.07 Å². The number of ether oxygens (including phenoxy) is 1. The van der Waals surface area contributed by atoms with Crippen LogP contribution in [-0.2, 0) is 13.2 Å². The van der Waals surface area contributed by atoms with Crippen LogP contribution in [0.2, 0.25) is 0 Å². The minimum absolute atomic E-state index is 0.0272. The van der Waals surface area contributed by atoms with Crippen LogP contribution in [0.15, 0.2) is 70.0 Å². The Morgan fingerprint density at radius 3 is 2.92 bits per heavy atom. The van der Waals surface area contributed by atoms with Crippen LogP contribution in [0.4, 0.5) is 0 Å². The average Bonchev–Trinajstić information content (AvgIpc) is 3.15. The zero-order valence-electron chi connectivity index (χ0n) is 13.7. The van der Waals surface area contributed by atoms with Gasteiger partial charge in [-0.2, -0.15) is 0 Å². The first-order chi connectivity index (χ1) is 12.7. The van der Waals surface area contributed by atoms with Crippen molar-refractivity contribution in [2.24, 2.45) is 0 Å². The van der Waals surface area contributed by atoms with Gasteiger partial charge in [0.25, 0.3) is 0 Å². The van der Waals surface area contributed by atoms with E-state index in [0.29, 0.717) is 17.0 Å². The summed E-state index contributed by atoms with van der Waals surface area (Å²) in [5.74, 6) is 0.642. The molecule has 0 amide bonds. The molecule has 0 saturated carbocycles. The third kappa shape index (κ3) is 3.33. The van der Waals surface area contributed by atoms with Crippen molar-refractivity contribution in [1.82, 2.24) is 15.0 Å². The maximum absolute atomic E-state index is 11.2. The fraction of sp³-hybridized carbons (Fsp3) is 0.105. The van der Waals surface area contributed by atoms with Crippen molar-refractivity contribution in [3.05, 3.63) is 82.5 Å². The van der Waals surface area contributed by atoms with Gasteiger partial charge in [0.1, 0.15) is 23.6 Å². The van der Waals surface area contributed by atoms with Gasteiger partial charge in [-0.3, -0.25) is 0 Å². The van der Waals surface area contributed by atoms with Crippen LogP contribution < -0.4 is 10.4 Å². The summed E-state index contributed by atoms with van der Waals surface area (Å²) in [5, 5.41) is 18.2. The molecule has 4 aromatic rings. The third-order valence-electron chi connectivity index (χ3n) is 3.88. The molecule has 0 unspecified atom stereocenters. The molecule has 0 fully saturated rings. The van der Waals surface area contributed by atoms with Crippen molar-refractivity contribution in [3.8, 4) is 11.4 Å². The van der Waals surface area contributed by atoms with E-state index in [0.717, 1.165) is 16.6 Å². The van der Waals surface area contributed by atoms with Gasteiger partial charge in [0, 0.05) is 11.5 Å². The topological polar surface area (TPSA) is 90.4 Å². The molecule has 0 bridgehead atoms. The van der Waals surface area contributed by atoms with E-state index in [2.05, 4.69) is 10.3 Å². The number of rotatable bonds is 5. The molecule has 1 N–H and O–H groups in total. The molecule has 2 aromatic carbocycles. The second-order valence-corrected chi connectivity index (χ2v) is 5.73. The van der Waals surface area contributed by atoms with Crippen LogP contribution >= 0.6 is 0 Å².